The fraction of sp³-hybridized carbons (Fsp3) is 0. The van der Waals surface area contributed by atoms with Crippen molar-refractivity contribution >= 4 is 28.2 Å². The topological polar surface area (TPSA) is 56.2 Å². The second kappa shape index (κ2) is 2.57. The molecule has 0 fully saturated rings. The molecule has 5 nitrogen and oxygen atoms in total. The quantitative estimate of drug-likeness (QED) is 0.445. The SMILES string of the molecule is c1ccc2c(c1)nc1oc3nccnc3n12. The highest BCUT2D eigenvalue weighted by Crippen LogP contribution is 2.22. The average Bonchev–Trinajstić information content (AvgIpc) is 2.83. The number of aromatic nitrogens is 4. The standard InChI is InChI=1S/C11H6N4O/c1-2-4-8-7(3-1)14-11-15(8)9-10(16-11)13-6-5-12-9/h1-6H. The van der Waals surface area contributed by atoms with E-state index in [1.165, 1.54) is 0 Å². The summed E-state index contributed by atoms with van der Waals surface area (Å²) in [4.78, 5) is 12.7. The molecule has 0 saturated carbocycles. The van der Waals surface area contributed by atoms with Crippen LogP contribution in [0.5, 0.6) is 0 Å². The fourth-order valence-electron chi connectivity index (χ4n) is 1.91. The number of nitrogens with zero attached hydrogens (tertiary/aromatic N) is 4. The van der Waals surface area contributed by atoms with Crippen molar-refractivity contribution in [2.75, 3.05) is 0 Å². The minimum atomic E-state index is 0.510. The van der Waals surface area contributed by atoms with Crippen molar-refractivity contribution < 1.29 is 4.42 Å². The Bertz CT molecular complexity index is 749. The lowest BCUT2D eigenvalue weighted by Gasteiger charge is -1.89. The van der Waals surface area contributed by atoms with Crippen molar-refractivity contribution in [1.29, 1.82) is 0 Å². The molecule has 0 amide bonds. The molecule has 0 atom stereocenters. The van der Waals surface area contributed by atoms with Gasteiger partial charge in [-0.05, 0) is 12.1 Å². The maximum atomic E-state index is 5.52. The van der Waals surface area contributed by atoms with Crippen molar-refractivity contribution in [2.24, 2.45) is 0 Å². The van der Waals surface area contributed by atoms with Crippen LogP contribution in [0.2, 0.25) is 0 Å². The van der Waals surface area contributed by atoms with Gasteiger partial charge >= 0.3 is 5.84 Å². The van der Waals surface area contributed by atoms with E-state index in [1.807, 2.05) is 28.7 Å². The third kappa shape index (κ3) is 0.826. The van der Waals surface area contributed by atoms with Crippen LogP contribution >= 0.6 is 0 Å². The van der Waals surface area contributed by atoms with Gasteiger partial charge in [0.25, 0.3) is 5.71 Å². The molecule has 1 aromatic carbocycles. The molecule has 0 saturated heterocycles. The predicted octanol–water partition coefficient (Wildman–Crippen LogP) is 2.02. The lowest BCUT2D eigenvalue weighted by molar-refractivity contribution is 0.630. The van der Waals surface area contributed by atoms with Crippen LogP contribution in [0, 0.1) is 0 Å². The first kappa shape index (κ1) is 7.81. The summed E-state index contributed by atoms with van der Waals surface area (Å²) in [5.74, 6) is 0.530. The maximum absolute atomic E-state index is 5.52. The van der Waals surface area contributed by atoms with Crippen LogP contribution in [0.15, 0.2) is 41.1 Å². The molecule has 0 aliphatic carbocycles. The summed E-state index contributed by atoms with van der Waals surface area (Å²) < 4.78 is 7.39. The normalized spacial score (nSPS) is 11.8. The molecule has 0 unspecified atom stereocenters. The Balaban J connectivity index is 2.38. The molecule has 0 bridgehead atoms. The molecule has 3 heterocycles. The maximum Gasteiger partial charge on any atom is 0.310 e. The zero-order chi connectivity index (χ0) is 10.5. The predicted molar refractivity (Wildman–Crippen MR) is 58.1 cm³/mol. The third-order valence-electron chi connectivity index (χ3n) is 2.58. The number of hydrogen-bond acceptors (Lipinski definition) is 4. The summed E-state index contributed by atoms with van der Waals surface area (Å²) in [6.45, 7) is 0. The van der Waals surface area contributed by atoms with Crippen LogP contribution in [0.4, 0.5) is 0 Å². The molecule has 4 aromatic rings. The first-order valence-corrected chi connectivity index (χ1v) is 4.90. The number of hydrogen-bond donors (Lipinski definition) is 0. The molecule has 76 valence electrons. The van der Waals surface area contributed by atoms with Crippen molar-refractivity contribution in [3.8, 4) is 0 Å². The van der Waals surface area contributed by atoms with Crippen LogP contribution in [0.1, 0.15) is 0 Å². The molecule has 5 heteroatoms. The number of rotatable bonds is 0. The third-order valence-corrected chi connectivity index (χ3v) is 2.58. The second-order valence-corrected chi connectivity index (χ2v) is 3.51. The van der Waals surface area contributed by atoms with E-state index in [0.717, 1.165) is 11.0 Å². The van der Waals surface area contributed by atoms with Crippen LogP contribution in [0.3, 0.4) is 0 Å². The van der Waals surface area contributed by atoms with E-state index in [9.17, 15) is 0 Å². The van der Waals surface area contributed by atoms with Crippen molar-refractivity contribution in [3.05, 3.63) is 36.7 Å². The van der Waals surface area contributed by atoms with E-state index in [-0.39, 0.29) is 0 Å². The van der Waals surface area contributed by atoms with Crippen molar-refractivity contribution in [2.45, 2.75) is 0 Å². The molecular weight excluding hydrogens is 204 g/mol. The van der Waals surface area contributed by atoms with Gasteiger partial charge in [-0.15, -0.1) is 0 Å². The van der Waals surface area contributed by atoms with E-state index >= 15 is 0 Å². The molecule has 16 heavy (non-hydrogen) atoms. The minimum absolute atomic E-state index is 0.510. The fourth-order valence-corrected chi connectivity index (χ4v) is 1.91. The number of fused-ring (bicyclic) bond motifs is 5. The van der Waals surface area contributed by atoms with Crippen LogP contribution < -0.4 is 0 Å². The lowest BCUT2D eigenvalue weighted by atomic mass is 10.3. The summed E-state index contributed by atoms with van der Waals surface area (Å²) in [7, 11) is 0. The molecule has 0 N–H and O–H groups in total. The van der Waals surface area contributed by atoms with Gasteiger partial charge in [-0.1, -0.05) is 12.1 Å². The number of para-hydroxylation sites is 2. The van der Waals surface area contributed by atoms with Crippen molar-refractivity contribution in [3.63, 3.8) is 0 Å². The smallest absolute Gasteiger partial charge is 0.310 e. The first-order chi connectivity index (χ1) is 7.93. The number of benzene rings is 1. The summed E-state index contributed by atoms with van der Waals surface area (Å²) in [5.41, 5.74) is 3.09. The summed E-state index contributed by atoms with van der Waals surface area (Å²) in [6, 6.07) is 7.84. The zero-order valence-corrected chi connectivity index (χ0v) is 8.16. The van der Waals surface area contributed by atoms with Gasteiger partial charge in [-0.2, -0.15) is 4.98 Å². The highest BCUT2D eigenvalue weighted by atomic mass is 16.4. The lowest BCUT2D eigenvalue weighted by Crippen LogP contribution is -1.84. The Morgan fingerprint density at radius 2 is 1.94 bits per heavy atom. The Labute approximate surface area is 89.4 Å². The zero-order valence-electron chi connectivity index (χ0n) is 8.16. The van der Waals surface area contributed by atoms with Gasteiger partial charge in [0.15, 0.2) is 0 Å². The number of oxazole rings is 1. The van der Waals surface area contributed by atoms with Gasteiger partial charge in [0.1, 0.15) is 0 Å². The Morgan fingerprint density at radius 3 is 2.94 bits per heavy atom. The molecule has 0 aliphatic heterocycles. The Kier molecular flexibility index (Phi) is 1.26. The molecule has 0 aliphatic rings. The summed E-state index contributed by atoms with van der Waals surface area (Å²) >= 11 is 0. The van der Waals surface area contributed by atoms with Gasteiger partial charge in [-0.25, -0.2) is 14.4 Å². The van der Waals surface area contributed by atoms with Gasteiger partial charge in [-0.3, -0.25) is 0 Å². The molecule has 0 radical (unpaired) electrons. The van der Waals surface area contributed by atoms with Crippen LogP contribution in [0.25, 0.3) is 28.2 Å². The minimum Gasteiger partial charge on any atom is -0.402 e. The van der Waals surface area contributed by atoms with E-state index in [4.69, 9.17) is 4.42 Å². The van der Waals surface area contributed by atoms with Gasteiger partial charge in [0.2, 0.25) is 5.65 Å². The average molecular weight is 210 g/mol. The second-order valence-electron chi connectivity index (χ2n) is 3.51. The van der Waals surface area contributed by atoms with Crippen LogP contribution in [-0.2, 0) is 0 Å². The van der Waals surface area contributed by atoms with Gasteiger partial charge in [0.05, 0.1) is 11.0 Å². The van der Waals surface area contributed by atoms with E-state index in [2.05, 4.69) is 15.0 Å². The Morgan fingerprint density at radius 1 is 1.06 bits per heavy atom. The molecule has 3 aromatic heterocycles. The summed E-state index contributed by atoms with van der Waals surface area (Å²) in [6.07, 6.45) is 3.25. The molecular formula is C11H6N4O. The molecule has 4 rings (SSSR count). The molecule has 0 spiro atoms. The van der Waals surface area contributed by atoms with Gasteiger partial charge in [0, 0.05) is 12.4 Å². The van der Waals surface area contributed by atoms with E-state index < -0.39 is 0 Å². The Hall–Kier alpha value is -2.43. The largest absolute Gasteiger partial charge is 0.402 e. The monoisotopic (exact) mass is 210 g/mol. The van der Waals surface area contributed by atoms with E-state index in [0.29, 0.717) is 17.2 Å². The van der Waals surface area contributed by atoms with Crippen LogP contribution in [-0.4, -0.2) is 19.4 Å². The number of imidazole rings is 1. The van der Waals surface area contributed by atoms with Crippen molar-refractivity contribution in [1.82, 2.24) is 19.4 Å². The van der Waals surface area contributed by atoms with E-state index in [1.54, 1.807) is 12.4 Å². The summed E-state index contributed by atoms with van der Waals surface area (Å²) in [5, 5.41) is 0. The van der Waals surface area contributed by atoms with Gasteiger partial charge < -0.3 is 4.42 Å². The highest BCUT2D eigenvalue weighted by molar-refractivity contribution is 5.84. The highest BCUT2D eigenvalue weighted by Gasteiger charge is 2.13. The first-order valence-electron chi connectivity index (χ1n) is 4.90.